The highest BCUT2D eigenvalue weighted by molar-refractivity contribution is 5.98. The van der Waals surface area contributed by atoms with Gasteiger partial charge >= 0.3 is 0 Å². The molecule has 2 N–H and O–H groups in total. The topological polar surface area (TPSA) is 46.3 Å². The maximum Gasteiger partial charge on any atom is 0.230 e. The molecule has 3 fully saturated rings. The number of fused-ring (bicyclic) bond motifs is 2. The Morgan fingerprint density at radius 2 is 1.94 bits per heavy atom. The lowest BCUT2D eigenvalue weighted by Crippen LogP contribution is -2.62. The lowest BCUT2D eigenvalue weighted by atomic mass is 9.66. The molecule has 3 nitrogen and oxygen atoms in total. The summed E-state index contributed by atoms with van der Waals surface area (Å²) in [5, 5.41) is 0. The Kier molecular flexibility index (Phi) is 2.44. The average Bonchev–Trinajstić information content (AvgIpc) is 2.28. The van der Waals surface area contributed by atoms with E-state index in [9.17, 15) is 4.79 Å². The van der Waals surface area contributed by atoms with E-state index in [2.05, 4.69) is 19.1 Å². The standard InChI is InChI=1S/C14H18N2O/c1-9-2-4-12(5-3-9)16-13(8-15)10-6-11(7-10)14(16)17/h2-5,10-11,13H,6-8,15H2,1H3. The molecule has 2 aliphatic heterocycles. The van der Waals surface area contributed by atoms with Gasteiger partial charge in [0.1, 0.15) is 0 Å². The number of anilines is 1. The summed E-state index contributed by atoms with van der Waals surface area (Å²) >= 11 is 0. The van der Waals surface area contributed by atoms with Crippen LogP contribution in [-0.2, 0) is 4.79 Å². The van der Waals surface area contributed by atoms with Gasteiger partial charge in [0.15, 0.2) is 0 Å². The lowest BCUT2D eigenvalue weighted by molar-refractivity contribution is -0.132. The molecule has 1 aliphatic carbocycles. The van der Waals surface area contributed by atoms with Crippen molar-refractivity contribution >= 4 is 11.6 Å². The van der Waals surface area contributed by atoms with Crippen LogP contribution in [0.25, 0.3) is 0 Å². The van der Waals surface area contributed by atoms with Crippen molar-refractivity contribution in [2.24, 2.45) is 17.6 Å². The number of nitrogens with two attached hydrogens (primary N) is 1. The highest BCUT2D eigenvalue weighted by atomic mass is 16.2. The second-order valence-corrected chi connectivity index (χ2v) is 5.28. The Labute approximate surface area is 102 Å². The van der Waals surface area contributed by atoms with Crippen molar-refractivity contribution in [1.82, 2.24) is 0 Å². The summed E-state index contributed by atoms with van der Waals surface area (Å²) in [4.78, 5) is 14.2. The van der Waals surface area contributed by atoms with Crippen LogP contribution in [0.2, 0.25) is 0 Å². The van der Waals surface area contributed by atoms with E-state index in [-0.39, 0.29) is 17.9 Å². The third-order valence-electron chi connectivity index (χ3n) is 4.19. The van der Waals surface area contributed by atoms with E-state index in [1.807, 2.05) is 17.0 Å². The fourth-order valence-corrected chi connectivity index (χ4v) is 3.07. The molecule has 1 amide bonds. The number of hydrogen-bond acceptors (Lipinski definition) is 2. The predicted molar refractivity (Wildman–Crippen MR) is 67.7 cm³/mol. The first-order chi connectivity index (χ1) is 8.20. The molecule has 2 saturated heterocycles. The van der Waals surface area contributed by atoms with Crippen LogP contribution in [0.15, 0.2) is 24.3 Å². The molecule has 17 heavy (non-hydrogen) atoms. The van der Waals surface area contributed by atoms with Crippen molar-refractivity contribution < 1.29 is 4.79 Å². The summed E-state index contributed by atoms with van der Waals surface area (Å²) in [6.45, 7) is 2.62. The Morgan fingerprint density at radius 3 is 2.53 bits per heavy atom. The zero-order valence-corrected chi connectivity index (χ0v) is 10.1. The first-order valence-electron chi connectivity index (χ1n) is 6.30. The molecule has 0 spiro atoms. The van der Waals surface area contributed by atoms with Crippen LogP contribution in [-0.4, -0.2) is 18.5 Å². The zero-order valence-electron chi connectivity index (χ0n) is 10.1. The normalized spacial score (nSPS) is 31.3. The number of rotatable bonds is 2. The first kappa shape index (κ1) is 10.8. The van der Waals surface area contributed by atoms with Gasteiger partial charge in [-0.2, -0.15) is 0 Å². The van der Waals surface area contributed by atoms with Gasteiger partial charge in [-0.15, -0.1) is 0 Å². The fraction of sp³-hybridized carbons (Fsp3) is 0.500. The molecule has 1 aromatic carbocycles. The molecule has 1 unspecified atom stereocenters. The van der Waals surface area contributed by atoms with Crippen LogP contribution >= 0.6 is 0 Å². The van der Waals surface area contributed by atoms with Gasteiger partial charge in [-0.25, -0.2) is 0 Å². The minimum atomic E-state index is 0.204. The Bertz CT molecular complexity index is 434. The largest absolute Gasteiger partial charge is 0.328 e. The number of benzene rings is 1. The number of nitrogens with zero attached hydrogens (tertiary/aromatic N) is 1. The van der Waals surface area contributed by atoms with E-state index in [0.717, 1.165) is 18.5 Å². The molecule has 1 saturated carbocycles. The Hall–Kier alpha value is -1.35. The number of amides is 1. The van der Waals surface area contributed by atoms with E-state index in [1.165, 1.54) is 5.56 Å². The molecule has 4 rings (SSSR count). The molecular weight excluding hydrogens is 212 g/mol. The van der Waals surface area contributed by atoms with Crippen molar-refractivity contribution in [3.05, 3.63) is 29.8 Å². The van der Waals surface area contributed by atoms with Crippen molar-refractivity contribution in [3.8, 4) is 0 Å². The average molecular weight is 230 g/mol. The first-order valence-corrected chi connectivity index (χ1v) is 6.30. The third-order valence-corrected chi connectivity index (χ3v) is 4.19. The van der Waals surface area contributed by atoms with Gasteiger partial charge in [0.2, 0.25) is 5.91 Å². The molecular formula is C14H18N2O. The van der Waals surface area contributed by atoms with E-state index >= 15 is 0 Å². The molecule has 2 heterocycles. The van der Waals surface area contributed by atoms with Gasteiger partial charge in [0.05, 0.1) is 6.04 Å². The minimum absolute atomic E-state index is 0.204. The summed E-state index contributed by atoms with van der Waals surface area (Å²) in [5.41, 5.74) is 8.06. The molecule has 0 aromatic heterocycles. The van der Waals surface area contributed by atoms with Gasteiger partial charge in [0, 0.05) is 18.2 Å². The number of aryl methyl sites for hydroxylation is 1. The predicted octanol–water partition coefficient (Wildman–Crippen LogP) is 1.70. The number of piperidine rings is 2. The Balaban J connectivity index is 1.94. The van der Waals surface area contributed by atoms with Crippen LogP contribution in [0.3, 0.4) is 0 Å². The van der Waals surface area contributed by atoms with E-state index in [1.54, 1.807) is 0 Å². The number of hydrogen-bond donors (Lipinski definition) is 1. The van der Waals surface area contributed by atoms with Crippen molar-refractivity contribution in [1.29, 1.82) is 0 Å². The van der Waals surface area contributed by atoms with Gasteiger partial charge in [-0.3, -0.25) is 4.79 Å². The summed E-state index contributed by atoms with van der Waals surface area (Å²) in [6, 6.07) is 8.36. The highest BCUT2D eigenvalue weighted by Crippen LogP contribution is 2.45. The van der Waals surface area contributed by atoms with E-state index in [0.29, 0.717) is 12.5 Å². The monoisotopic (exact) mass is 230 g/mol. The zero-order chi connectivity index (χ0) is 12.0. The van der Waals surface area contributed by atoms with Crippen LogP contribution in [0.5, 0.6) is 0 Å². The molecule has 2 bridgehead atoms. The van der Waals surface area contributed by atoms with Crippen LogP contribution in [0.4, 0.5) is 5.69 Å². The molecule has 90 valence electrons. The van der Waals surface area contributed by atoms with Gasteiger partial charge < -0.3 is 10.6 Å². The van der Waals surface area contributed by atoms with E-state index in [4.69, 9.17) is 5.73 Å². The molecule has 1 atom stereocenters. The summed E-state index contributed by atoms with van der Waals surface area (Å²) < 4.78 is 0. The second kappa shape index (κ2) is 3.84. The Morgan fingerprint density at radius 1 is 1.29 bits per heavy atom. The third kappa shape index (κ3) is 1.57. The van der Waals surface area contributed by atoms with Crippen molar-refractivity contribution in [2.45, 2.75) is 25.8 Å². The molecule has 3 aliphatic rings. The maximum absolute atomic E-state index is 12.3. The van der Waals surface area contributed by atoms with Crippen molar-refractivity contribution in [2.75, 3.05) is 11.4 Å². The molecule has 3 heteroatoms. The summed E-state index contributed by atoms with van der Waals surface area (Å²) in [5.74, 6) is 1.14. The van der Waals surface area contributed by atoms with Crippen LogP contribution in [0.1, 0.15) is 18.4 Å². The maximum atomic E-state index is 12.3. The molecule has 1 aromatic rings. The van der Waals surface area contributed by atoms with Crippen LogP contribution in [0, 0.1) is 18.8 Å². The minimum Gasteiger partial charge on any atom is -0.328 e. The number of carbonyl (C=O) groups is 1. The van der Waals surface area contributed by atoms with Gasteiger partial charge in [-0.05, 0) is 37.8 Å². The molecule has 0 radical (unpaired) electrons. The number of carbonyl (C=O) groups excluding carboxylic acids is 1. The van der Waals surface area contributed by atoms with Gasteiger partial charge in [0.25, 0.3) is 0 Å². The fourth-order valence-electron chi connectivity index (χ4n) is 3.07. The second-order valence-electron chi connectivity index (χ2n) is 5.28. The van der Waals surface area contributed by atoms with Crippen molar-refractivity contribution in [3.63, 3.8) is 0 Å². The van der Waals surface area contributed by atoms with Crippen LogP contribution < -0.4 is 10.6 Å². The van der Waals surface area contributed by atoms with Gasteiger partial charge in [-0.1, -0.05) is 17.7 Å². The highest BCUT2D eigenvalue weighted by Gasteiger charge is 2.49. The smallest absolute Gasteiger partial charge is 0.230 e. The van der Waals surface area contributed by atoms with E-state index < -0.39 is 0 Å². The summed E-state index contributed by atoms with van der Waals surface area (Å²) in [6.07, 6.45) is 2.09. The quantitative estimate of drug-likeness (QED) is 0.840. The lowest BCUT2D eigenvalue weighted by Gasteiger charge is -2.52. The summed E-state index contributed by atoms with van der Waals surface area (Å²) in [7, 11) is 0. The SMILES string of the molecule is Cc1ccc(N2C(=O)C3CC(C3)C2CN)cc1.